The lowest BCUT2D eigenvalue weighted by Crippen LogP contribution is -2.38. The molecule has 0 radical (unpaired) electrons. The quantitative estimate of drug-likeness (QED) is 0.704. The van der Waals surface area contributed by atoms with Gasteiger partial charge >= 0.3 is 6.18 Å². The molecule has 0 aromatic heterocycles. The largest absolute Gasteiger partial charge is 0.416 e. The van der Waals surface area contributed by atoms with Gasteiger partial charge in [0.25, 0.3) is 0 Å². The Morgan fingerprint density at radius 2 is 2.00 bits per heavy atom. The average Bonchev–Trinajstić information content (AvgIpc) is 2.53. The Bertz CT molecular complexity index is 552. The molecule has 2 nitrogen and oxygen atoms in total. The molecule has 0 spiro atoms. The average molecular weight is 376 g/mol. The van der Waals surface area contributed by atoms with Gasteiger partial charge in [-0.1, -0.05) is 28.1 Å². The molecule has 0 N–H and O–H groups in total. The van der Waals surface area contributed by atoms with Crippen molar-refractivity contribution in [3.8, 4) is 6.07 Å². The summed E-state index contributed by atoms with van der Waals surface area (Å²) in [5.74, 6) is -0.141. The minimum Gasteiger partial charge on any atom is -0.381 e. The van der Waals surface area contributed by atoms with Crippen molar-refractivity contribution < 1.29 is 17.9 Å². The Morgan fingerprint density at radius 3 is 2.45 bits per heavy atom. The van der Waals surface area contributed by atoms with E-state index in [1.165, 1.54) is 12.1 Å². The Balaban J connectivity index is 2.35. The predicted molar refractivity (Wildman–Crippen MR) is 80.7 cm³/mol. The fourth-order valence-corrected chi connectivity index (χ4v) is 3.89. The summed E-state index contributed by atoms with van der Waals surface area (Å²) in [4.78, 5) is 0. The van der Waals surface area contributed by atoms with Gasteiger partial charge in [0.05, 0.1) is 23.2 Å². The summed E-state index contributed by atoms with van der Waals surface area (Å²) in [5, 5.41) is 10.1. The van der Waals surface area contributed by atoms with E-state index < -0.39 is 17.2 Å². The first-order valence-corrected chi connectivity index (χ1v) is 8.15. The smallest absolute Gasteiger partial charge is 0.381 e. The second-order valence-corrected chi connectivity index (χ2v) is 6.27. The molecule has 6 heteroatoms. The minimum absolute atomic E-state index is 0.0350. The van der Waals surface area contributed by atoms with Crippen LogP contribution >= 0.6 is 15.9 Å². The van der Waals surface area contributed by atoms with Gasteiger partial charge in [-0.05, 0) is 37.0 Å². The van der Waals surface area contributed by atoms with Gasteiger partial charge in [-0.15, -0.1) is 0 Å². The maximum absolute atomic E-state index is 12.7. The molecule has 1 aromatic carbocycles. The Kier molecular flexibility index (Phi) is 5.18. The highest BCUT2D eigenvalue weighted by Crippen LogP contribution is 2.49. The van der Waals surface area contributed by atoms with Crippen molar-refractivity contribution in [1.82, 2.24) is 0 Å². The zero-order chi connectivity index (χ0) is 16.4. The number of hydrogen-bond donors (Lipinski definition) is 0. The number of rotatable bonds is 3. The summed E-state index contributed by atoms with van der Waals surface area (Å²) >= 11 is 3.41. The van der Waals surface area contributed by atoms with Crippen molar-refractivity contribution in [1.29, 1.82) is 5.26 Å². The first-order chi connectivity index (χ1) is 10.4. The van der Waals surface area contributed by atoms with E-state index in [4.69, 9.17) is 4.74 Å². The van der Waals surface area contributed by atoms with Gasteiger partial charge in [-0.25, -0.2) is 0 Å². The third-order valence-electron chi connectivity index (χ3n) is 4.51. The van der Waals surface area contributed by atoms with Crippen molar-refractivity contribution in [3.05, 3.63) is 35.4 Å². The Hall–Kier alpha value is -1.06. The number of nitriles is 1. The van der Waals surface area contributed by atoms with Crippen LogP contribution < -0.4 is 0 Å². The van der Waals surface area contributed by atoms with Gasteiger partial charge in [0.2, 0.25) is 0 Å². The summed E-state index contributed by atoms with van der Waals surface area (Å²) in [7, 11) is 1.63. The first kappa shape index (κ1) is 17.3. The molecule has 1 aliphatic rings. The zero-order valence-electron chi connectivity index (χ0n) is 12.2. The van der Waals surface area contributed by atoms with E-state index in [1.54, 1.807) is 7.11 Å². The Labute approximate surface area is 136 Å². The molecular formula is C16H17BrF3NO. The second kappa shape index (κ2) is 6.59. The standard InChI is InChI=1S/C16H17BrF3NO/c1-22-13-6-7-15(9-17,10-21)14(8-13)11-2-4-12(5-3-11)16(18,19)20/h2-5,13-14H,6-9H2,1H3. The van der Waals surface area contributed by atoms with Crippen molar-refractivity contribution in [3.63, 3.8) is 0 Å². The number of hydrogen-bond acceptors (Lipinski definition) is 2. The summed E-state index contributed by atoms with van der Waals surface area (Å²) in [6.07, 6.45) is -2.22. The van der Waals surface area contributed by atoms with E-state index in [1.807, 2.05) is 0 Å². The highest BCUT2D eigenvalue weighted by molar-refractivity contribution is 9.09. The van der Waals surface area contributed by atoms with Crippen LogP contribution in [0.4, 0.5) is 13.2 Å². The highest BCUT2D eigenvalue weighted by atomic mass is 79.9. The Morgan fingerprint density at radius 1 is 1.36 bits per heavy atom. The molecule has 0 amide bonds. The lowest BCUT2D eigenvalue weighted by molar-refractivity contribution is -0.137. The fraction of sp³-hybridized carbons (Fsp3) is 0.562. The number of nitrogens with zero attached hydrogens (tertiary/aromatic N) is 1. The van der Waals surface area contributed by atoms with Crippen LogP contribution in [0.25, 0.3) is 0 Å². The second-order valence-electron chi connectivity index (χ2n) is 5.71. The summed E-state index contributed by atoms with van der Waals surface area (Å²) in [6, 6.07) is 7.52. The molecule has 1 fully saturated rings. The molecule has 3 atom stereocenters. The van der Waals surface area contributed by atoms with Gasteiger partial charge in [0, 0.05) is 18.4 Å². The van der Waals surface area contributed by atoms with Gasteiger partial charge < -0.3 is 4.74 Å². The number of benzene rings is 1. The maximum Gasteiger partial charge on any atom is 0.416 e. The van der Waals surface area contributed by atoms with Crippen LogP contribution in [0.3, 0.4) is 0 Å². The lowest BCUT2D eigenvalue weighted by atomic mass is 9.65. The van der Waals surface area contributed by atoms with Gasteiger partial charge in [0.15, 0.2) is 0 Å². The van der Waals surface area contributed by atoms with E-state index in [9.17, 15) is 18.4 Å². The number of ether oxygens (including phenoxy) is 1. The number of alkyl halides is 4. The van der Waals surface area contributed by atoms with Crippen LogP contribution in [0.5, 0.6) is 0 Å². The molecule has 2 rings (SSSR count). The van der Waals surface area contributed by atoms with Crippen molar-refractivity contribution in [2.24, 2.45) is 5.41 Å². The van der Waals surface area contributed by atoms with E-state index in [0.717, 1.165) is 24.1 Å². The molecule has 1 aromatic rings. The minimum atomic E-state index is -4.35. The van der Waals surface area contributed by atoms with Gasteiger partial charge in [-0.3, -0.25) is 0 Å². The van der Waals surface area contributed by atoms with Crippen LogP contribution in [0.2, 0.25) is 0 Å². The van der Waals surface area contributed by atoms with Crippen molar-refractivity contribution in [2.45, 2.75) is 37.5 Å². The van der Waals surface area contributed by atoms with Crippen molar-refractivity contribution >= 4 is 15.9 Å². The SMILES string of the molecule is COC1CCC(C#N)(CBr)C(c2ccc(C(F)(F)F)cc2)C1. The van der Waals surface area contributed by atoms with Gasteiger partial charge in [0.1, 0.15) is 0 Å². The molecule has 3 unspecified atom stereocenters. The molecule has 1 aliphatic carbocycles. The summed E-state index contributed by atoms with van der Waals surface area (Å²) < 4.78 is 43.4. The van der Waals surface area contributed by atoms with Gasteiger partial charge in [-0.2, -0.15) is 18.4 Å². The molecule has 1 saturated carbocycles. The highest BCUT2D eigenvalue weighted by Gasteiger charge is 2.44. The molecule has 0 bridgehead atoms. The molecule has 22 heavy (non-hydrogen) atoms. The molecule has 120 valence electrons. The third-order valence-corrected chi connectivity index (χ3v) is 5.51. The van der Waals surface area contributed by atoms with E-state index in [2.05, 4.69) is 22.0 Å². The normalized spacial score (nSPS) is 29.1. The zero-order valence-corrected chi connectivity index (χ0v) is 13.7. The van der Waals surface area contributed by atoms with E-state index in [-0.39, 0.29) is 12.0 Å². The van der Waals surface area contributed by atoms with Crippen LogP contribution in [0.1, 0.15) is 36.3 Å². The molecular weight excluding hydrogens is 359 g/mol. The lowest BCUT2D eigenvalue weighted by Gasteiger charge is -2.41. The molecule has 0 saturated heterocycles. The predicted octanol–water partition coefficient (Wildman–Crippen LogP) is 4.89. The topological polar surface area (TPSA) is 33.0 Å². The fourth-order valence-electron chi connectivity index (χ4n) is 3.10. The van der Waals surface area contributed by atoms with Crippen LogP contribution in [-0.2, 0) is 10.9 Å². The summed E-state index contributed by atoms with van der Waals surface area (Å²) in [5.41, 5.74) is -0.512. The molecule has 0 aliphatic heterocycles. The third kappa shape index (κ3) is 3.31. The van der Waals surface area contributed by atoms with Crippen LogP contribution in [0.15, 0.2) is 24.3 Å². The van der Waals surface area contributed by atoms with E-state index in [0.29, 0.717) is 18.2 Å². The number of methoxy groups -OCH3 is 1. The van der Waals surface area contributed by atoms with Crippen molar-refractivity contribution in [2.75, 3.05) is 12.4 Å². The molecule has 0 heterocycles. The van der Waals surface area contributed by atoms with Crippen LogP contribution in [-0.4, -0.2) is 18.5 Å². The monoisotopic (exact) mass is 375 g/mol. The van der Waals surface area contributed by atoms with Crippen LogP contribution in [0, 0.1) is 16.7 Å². The maximum atomic E-state index is 12.7. The number of halogens is 4. The van der Waals surface area contributed by atoms with E-state index >= 15 is 0 Å². The first-order valence-electron chi connectivity index (χ1n) is 7.03. The summed E-state index contributed by atoms with van der Waals surface area (Å²) in [6.45, 7) is 0.